The number of ether oxygens (including phenoxy) is 1. The summed E-state index contributed by atoms with van der Waals surface area (Å²) >= 11 is 0. The van der Waals surface area contributed by atoms with Crippen molar-refractivity contribution < 1.29 is 19.4 Å². The second-order valence-electron chi connectivity index (χ2n) is 6.12. The molecule has 4 nitrogen and oxygen atoms in total. The number of esters is 1. The molecule has 0 heterocycles. The lowest BCUT2D eigenvalue weighted by atomic mass is 9.87. The quantitative estimate of drug-likeness (QED) is 0.814. The highest BCUT2D eigenvalue weighted by Gasteiger charge is 2.24. The SMILES string of the molecule is COC(=O)c1c(C(=O)O)ccc(CC(C)C)c1CC(C)C. The van der Waals surface area contributed by atoms with Gasteiger partial charge in [0.15, 0.2) is 0 Å². The third-order valence-corrected chi connectivity index (χ3v) is 3.27. The van der Waals surface area contributed by atoms with E-state index in [0.29, 0.717) is 18.3 Å². The topological polar surface area (TPSA) is 63.6 Å². The highest BCUT2D eigenvalue weighted by molar-refractivity contribution is 6.03. The van der Waals surface area contributed by atoms with Crippen LogP contribution in [0, 0.1) is 11.8 Å². The monoisotopic (exact) mass is 292 g/mol. The average molecular weight is 292 g/mol. The van der Waals surface area contributed by atoms with Crippen LogP contribution >= 0.6 is 0 Å². The third-order valence-electron chi connectivity index (χ3n) is 3.27. The van der Waals surface area contributed by atoms with Crippen molar-refractivity contribution in [1.82, 2.24) is 0 Å². The highest BCUT2D eigenvalue weighted by Crippen LogP contribution is 2.26. The Bertz CT molecular complexity index is 530. The van der Waals surface area contributed by atoms with E-state index in [1.807, 2.05) is 19.9 Å². The number of rotatable bonds is 6. The molecule has 0 amide bonds. The molecule has 4 heteroatoms. The fourth-order valence-corrected chi connectivity index (χ4v) is 2.48. The molecule has 0 atom stereocenters. The number of aromatic carboxylic acids is 1. The van der Waals surface area contributed by atoms with E-state index >= 15 is 0 Å². The van der Waals surface area contributed by atoms with Gasteiger partial charge in [-0.3, -0.25) is 0 Å². The molecule has 1 aromatic carbocycles. The summed E-state index contributed by atoms with van der Waals surface area (Å²) in [6, 6.07) is 3.34. The summed E-state index contributed by atoms with van der Waals surface area (Å²) in [5.74, 6) is -0.925. The lowest BCUT2D eigenvalue weighted by molar-refractivity contribution is 0.0581. The first kappa shape index (κ1) is 17.2. The molecule has 0 radical (unpaired) electrons. The number of hydrogen-bond donors (Lipinski definition) is 1. The molecule has 0 aliphatic heterocycles. The maximum atomic E-state index is 12.1. The van der Waals surface area contributed by atoms with Crippen LogP contribution < -0.4 is 0 Å². The standard InChI is InChI=1S/C17H24O4/c1-10(2)8-12-6-7-13(16(18)19)15(17(20)21-5)14(12)9-11(3)4/h6-7,10-11H,8-9H2,1-5H3,(H,18,19). The smallest absolute Gasteiger partial charge is 0.339 e. The molecule has 0 saturated heterocycles. The number of carbonyl (C=O) groups excluding carboxylic acids is 1. The van der Waals surface area contributed by atoms with E-state index in [2.05, 4.69) is 13.8 Å². The summed E-state index contributed by atoms with van der Waals surface area (Å²) in [5, 5.41) is 9.33. The first-order chi connectivity index (χ1) is 9.77. The van der Waals surface area contributed by atoms with Crippen molar-refractivity contribution >= 4 is 11.9 Å². The summed E-state index contributed by atoms with van der Waals surface area (Å²) in [5.41, 5.74) is 2.07. The van der Waals surface area contributed by atoms with Gasteiger partial charge in [-0.1, -0.05) is 33.8 Å². The van der Waals surface area contributed by atoms with Gasteiger partial charge in [-0.25, -0.2) is 9.59 Å². The van der Waals surface area contributed by atoms with Crippen molar-refractivity contribution in [1.29, 1.82) is 0 Å². The molecule has 0 fully saturated rings. The van der Waals surface area contributed by atoms with E-state index in [1.165, 1.54) is 13.2 Å². The van der Waals surface area contributed by atoms with Crippen LogP contribution in [0.3, 0.4) is 0 Å². The van der Waals surface area contributed by atoms with Gasteiger partial charge in [0.1, 0.15) is 0 Å². The van der Waals surface area contributed by atoms with Crippen LogP contribution in [-0.2, 0) is 17.6 Å². The van der Waals surface area contributed by atoms with Gasteiger partial charge >= 0.3 is 11.9 Å². The number of methoxy groups -OCH3 is 1. The Morgan fingerprint density at radius 2 is 1.67 bits per heavy atom. The fraction of sp³-hybridized carbons (Fsp3) is 0.529. The van der Waals surface area contributed by atoms with Crippen molar-refractivity contribution in [3.05, 3.63) is 34.4 Å². The van der Waals surface area contributed by atoms with Crippen LogP contribution in [0.25, 0.3) is 0 Å². The number of carboxylic acids is 1. The van der Waals surface area contributed by atoms with Crippen LogP contribution in [-0.4, -0.2) is 24.2 Å². The van der Waals surface area contributed by atoms with Gasteiger partial charge in [0.05, 0.1) is 18.2 Å². The minimum atomic E-state index is -1.10. The molecule has 1 aromatic rings. The molecule has 21 heavy (non-hydrogen) atoms. The lowest BCUT2D eigenvalue weighted by Crippen LogP contribution is -2.17. The molecule has 0 saturated carbocycles. The van der Waals surface area contributed by atoms with Crippen LogP contribution in [0.2, 0.25) is 0 Å². The van der Waals surface area contributed by atoms with Crippen LogP contribution in [0.4, 0.5) is 0 Å². The van der Waals surface area contributed by atoms with Crippen molar-refractivity contribution in [2.75, 3.05) is 7.11 Å². The molecule has 0 aromatic heterocycles. The second kappa shape index (κ2) is 7.25. The molecule has 1 rings (SSSR count). The van der Waals surface area contributed by atoms with Crippen molar-refractivity contribution in [3.63, 3.8) is 0 Å². The molecular formula is C17H24O4. The zero-order valence-electron chi connectivity index (χ0n) is 13.4. The first-order valence-corrected chi connectivity index (χ1v) is 7.24. The second-order valence-corrected chi connectivity index (χ2v) is 6.12. The first-order valence-electron chi connectivity index (χ1n) is 7.24. The predicted octanol–water partition coefficient (Wildman–Crippen LogP) is 3.57. The third kappa shape index (κ3) is 4.31. The minimum absolute atomic E-state index is 0.0185. The summed E-state index contributed by atoms with van der Waals surface area (Å²) in [6.45, 7) is 8.30. The Hall–Kier alpha value is -1.84. The molecule has 0 unspecified atom stereocenters. The Morgan fingerprint density at radius 1 is 1.10 bits per heavy atom. The van der Waals surface area contributed by atoms with Gasteiger partial charge < -0.3 is 9.84 Å². The van der Waals surface area contributed by atoms with Crippen LogP contribution in [0.15, 0.2) is 12.1 Å². The highest BCUT2D eigenvalue weighted by atomic mass is 16.5. The molecule has 0 spiro atoms. The average Bonchev–Trinajstić information content (AvgIpc) is 2.38. The number of benzene rings is 1. The van der Waals surface area contributed by atoms with E-state index < -0.39 is 11.9 Å². The molecule has 0 aliphatic rings. The normalized spacial score (nSPS) is 11.0. The number of carboxylic acid groups (broad SMARTS) is 1. The largest absolute Gasteiger partial charge is 0.478 e. The van der Waals surface area contributed by atoms with Gasteiger partial charge in [-0.15, -0.1) is 0 Å². The fourth-order valence-electron chi connectivity index (χ4n) is 2.48. The van der Waals surface area contributed by atoms with Crippen molar-refractivity contribution in [2.45, 2.75) is 40.5 Å². The van der Waals surface area contributed by atoms with E-state index in [9.17, 15) is 14.7 Å². The van der Waals surface area contributed by atoms with E-state index in [1.54, 1.807) is 0 Å². The van der Waals surface area contributed by atoms with Crippen LogP contribution in [0.1, 0.15) is 59.5 Å². The Kier molecular flexibility index (Phi) is 5.94. The van der Waals surface area contributed by atoms with Crippen LogP contribution in [0.5, 0.6) is 0 Å². The van der Waals surface area contributed by atoms with Gasteiger partial charge in [-0.2, -0.15) is 0 Å². The zero-order valence-corrected chi connectivity index (χ0v) is 13.4. The van der Waals surface area contributed by atoms with E-state index in [0.717, 1.165) is 17.5 Å². The Morgan fingerprint density at radius 3 is 2.10 bits per heavy atom. The molecule has 0 aliphatic carbocycles. The Balaban J connectivity index is 3.55. The minimum Gasteiger partial charge on any atom is -0.478 e. The maximum absolute atomic E-state index is 12.1. The van der Waals surface area contributed by atoms with Gasteiger partial charge in [0, 0.05) is 0 Å². The lowest BCUT2D eigenvalue weighted by Gasteiger charge is -2.18. The Labute approximate surface area is 126 Å². The summed E-state index contributed by atoms with van der Waals surface area (Å²) in [7, 11) is 1.28. The van der Waals surface area contributed by atoms with E-state index in [-0.39, 0.29) is 11.1 Å². The summed E-state index contributed by atoms with van der Waals surface area (Å²) in [4.78, 5) is 23.5. The molecule has 116 valence electrons. The van der Waals surface area contributed by atoms with Crippen molar-refractivity contribution in [3.8, 4) is 0 Å². The van der Waals surface area contributed by atoms with Gasteiger partial charge in [0.25, 0.3) is 0 Å². The van der Waals surface area contributed by atoms with Gasteiger partial charge in [-0.05, 0) is 41.9 Å². The predicted molar refractivity (Wildman–Crippen MR) is 81.8 cm³/mol. The van der Waals surface area contributed by atoms with E-state index in [4.69, 9.17) is 4.74 Å². The number of hydrogen-bond acceptors (Lipinski definition) is 3. The molecule has 0 bridgehead atoms. The molecule has 1 N–H and O–H groups in total. The van der Waals surface area contributed by atoms with Crippen molar-refractivity contribution in [2.24, 2.45) is 11.8 Å². The summed E-state index contributed by atoms with van der Waals surface area (Å²) in [6.07, 6.45) is 1.47. The maximum Gasteiger partial charge on any atom is 0.339 e. The van der Waals surface area contributed by atoms with Gasteiger partial charge in [0.2, 0.25) is 0 Å². The number of carbonyl (C=O) groups is 2. The molecular weight excluding hydrogens is 268 g/mol. The zero-order chi connectivity index (χ0) is 16.2. The summed E-state index contributed by atoms with van der Waals surface area (Å²) < 4.78 is 4.81.